The second-order valence-electron chi connectivity index (χ2n) is 8.97. The summed E-state index contributed by atoms with van der Waals surface area (Å²) >= 11 is 0. The Hall–Kier alpha value is -3.56. The monoisotopic (exact) mass is 479 g/mol. The number of Topliss-reactive ketones (excluding diaryl/α,β-unsaturated/α-hetero) is 1. The highest BCUT2D eigenvalue weighted by molar-refractivity contribution is 6.46. The maximum absolute atomic E-state index is 13.2. The molecule has 0 spiro atoms. The first-order valence-corrected chi connectivity index (χ1v) is 11.7. The molecular formula is C26H29N3O6. The molecule has 9 heteroatoms. The molecule has 1 atom stereocenters. The van der Waals surface area contributed by atoms with Crippen LogP contribution in [0.1, 0.15) is 34.7 Å². The number of hydrogen-bond donors (Lipinski definition) is 1. The molecule has 0 aliphatic carbocycles. The number of aliphatic hydroxyl groups is 1. The standard InChI is InChI=1S/C26H29N3O6/c1-17-4-5-18(2)21(16-17)24(30)22-23(19-6-8-20(9-7-19)29(33)34)28(26(32)25(22)31)11-3-10-27-12-14-35-15-13-27/h4-9,16,23,30H,3,10-15H2,1-2H3/b24-22+. The van der Waals surface area contributed by atoms with Gasteiger partial charge in [0.25, 0.3) is 17.4 Å². The van der Waals surface area contributed by atoms with Gasteiger partial charge < -0.3 is 14.7 Å². The molecule has 4 rings (SSSR count). The van der Waals surface area contributed by atoms with Crippen LogP contribution in [0.4, 0.5) is 5.69 Å². The second-order valence-corrected chi connectivity index (χ2v) is 8.97. The number of aryl methyl sites for hydroxylation is 2. The van der Waals surface area contributed by atoms with Crippen LogP contribution in [0.2, 0.25) is 0 Å². The number of carbonyl (C=O) groups is 2. The number of nitro benzene ring substituents is 1. The summed E-state index contributed by atoms with van der Waals surface area (Å²) in [4.78, 5) is 40.7. The molecular weight excluding hydrogens is 450 g/mol. The number of nitrogens with zero attached hydrogens (tertiary/aromatic N) is 3. The number of non-ortho nitro benzene ring substituents is 1. The third-order valence-electron chi connectivity index (χ3n) is 6.58. The van der Waals surface area contributed by atoms with Gasteiger partial charge in [0.1, 0.15) is 5.76 Å². The lowest BCUT2D eigenvalue weighted by Gasteiger charge is -2.29. The first kappa shape index (κ1) is 24.6. The Balaban J connectivity index is 1.72. The Morgan fingerprint density at radius 2 is 1.77 bits per heavy atom. The van der Waals surface area contributed by atoms with Crippen LogP contribution >= 0.6 is 0 Å². The van der Waals surface area contributed by atoms with E-state index in [1.165, 1.54) is 17.0 Å². The third-order valence-corrected chi connectivity index (χ3v) is 6.58. The average Bonchev–Trinajstić information content (AvgIpc) is 3.11. The zero-order valence-electron chi connectivity index (χ0n) is 19.9. The highest BCUT2D eigenvalue weighted by Crippen LogP contribution is 2.40. The van der Waals surface area contributed by atoms with Gasteiger partial charge in [0, 0.05) is 43.9 Å². The van der Waals surface area contributed by atoms with Crippen molar-refractivity contribution < 1.29 is 24.4 Å². The Kier molecular flexibility index (Phi) is 7.28. The highest BCUT2D eigenvalue weighted by atomic mass is 16.6. The molecule has 2 aliphatic rings. The van der Waals surface area contributed by atoms with E-state index in [9.17, 15) is 24.8 Å². The highest BCUT2D eigenvalue weighted by Gasteiger charge is 2.46. The lowest BCUT2D eigenvalue weighted by molar-refractivity contribution is -0.384. The van der Waals surface area contributed by atoms with Crippen molar-refractivity contribution >= 4 is 23.1 Å². The number of amides is 1. The fraction of sp³-hybridized carbons (Fsp3) is 0.385. The Morgan fingerprint density at radius 3 is 2.43 bits per heavy atom. The van der Waals surface area contributed by atoms with Gasteiger partial charge in [-0.2, -0.15) is 0 Å². The maximum atomic E-state index is 13.2. The van der Waals surface area contributed by atoms with E-state index in [4.69, 9.17) is 4.74 Å². The lowest BCUT2D eigenvalue weighted by atomic mass is 9.93. The number of benzene rings is 2. The predicted molar refractivity (Wildman–Crippen MR) is 130 cm³/mol. The zero-order valence-corrected chi connectivity index (χ0v) is 19.9. The van der Waals surface area contributed by atoms with E-state index < -0.39 is 22.7 Å². The van der Waals surface area contributed by atoms with Crippen LogP contribution in [0.5, 0.6) is 0 Å². The quantitative estimate of drug-likeness (QED) is 0.213. The maximum Gasteiger partial charge on any atom is 0.295 e. The molecule has 1 N–H and O–H groups in total. The van der Waals surface area contributed by atoms with Crippen molar-refractivity contribution in [2.24, 2.45) is 0 Å². The van der Waals surface area contributed by atoms with Crippen molar-refractivity contribution in [1.29, 1.82) is 0 Å². The summed E-state index contributed by atoms with van der Waals surface area (Å²) in [6.07, 6.45) is 0.639. The van der Waals surface area contributed by atoms with Crippen LogP contribution in [0.15, 0.2) is 48.0 Å². The molecule has 0 bridgehead atoms. The molecule has 0 saturated carbocycles. The molecule has 1 amide bonds. The van der Waals surface area contributed by atoms with Crippen molar-refractivity contribution in [2.75, 3.05) is 39.4 Å². The summed E-state index contributed by atoms with van der Waals surface area (Å²) in [5, 5.41) is 22.4. The minimum absolute atomic E-state index is 0.00363. The molecule has 0 aromatic heterocycles. The summed E-state index contributed by atoms with van der Waals surface area (Å²) < 4.78 is 5.38. The number of aliphatic hydroxyl groups excluding tert-OH is 1. The molecule has 1 unspecified atom stereocenters. The third kappa shape index (κ3) is 5.11. The normalized spacial score (nSPS) is 20.4. The van der Waals surface area contributed by atoms with Gasteiger partial charge in [-0.25, -0.2) is 0 Å². The Labute approximate surface area is 203 Å². The average molecular weight is 480 g/mol. The van der Waals surface area contributed by atoms with Crippen LogP contribution in [0.25, 0.3) is 5.76 Å². The summed E-state index contributed by atoms with van der Waals surface area (Å²) in [7, 11) is 0. The van der Waals surface area contributed by atoms with Gasteiger partial charge in [-0.3, -0.25) is 24.6 Å². The number of carbonyl (C=O) groups excluding carboxylic acids is 2. The molecule has 2 aromatic carbocycles. The molecule has 2 aliphatic heterocycles. The van der Waals surface area contributed by atoms with Crippen LogP contribution < -0.4 is 0 Å². The molecule has 184 valence electrons. The number of nitro groups is 1. The SMILES string of the molecule is Cc1ccc(C)c(/C(O)=C2\C(=O)C(=O)N(CCCN3CCOCC3)C2c2ccc([N+](=O)[O-])cc2)c1. The van der Waals surface area contributed by atoms with Gasteiger partial charge >= 0.3 is 0 Å². The summed E-state index contributed by atoms with van der Waals surface area (Å²) in [5.74, 6) is -1.66. The van der Waals surface area contributed by atoms with Crippen molar-refractivity contribution in [3.05, 3.63) is 80.4 Å². The predicted octanol–water partition coefficient (Wildman–Crippen LogP) is 3.36. The van der Waals surface area contributed by atoms with Gasteiger partial charge in [-0.05, 0) is 49.6 Å². The van der Waals surface area contributed by atoms with Gasteiger partial charge in [0.05, 0.1) is 29.8 Å². The summed E-state index contributed by atoms with van der Waals surface area (Å²) in [5.41, 5.74) is 2.62. The van der Waals surface area contributed by atoms with Crippen molar-refractivity contribution in [3.8, 4) is 0 Å². The van der Waals surface area contributed by atoms with Gasteiger partial charge in [0.15, 0.2) is 0 Å². The minimum Gasteiger partial charge on any atom is -0.507 e. The molecule has 2 aromatic rings. The van der Waals surface area contributed by atoms with E-state index in [0.29, 0.717) is 37.3 Å². The van der Waals surface area contributed by atoms with Crippen LogP contribution in [-0.2, 0) is 14.3 Å². The van der Waals surface area contributed by atoms with E-state index >= 15 is 0 Å². The van der Waals surface area contributed by atoms with E-state index in [-0.39, 0.29) is 17.0 Å². The van der Waals surface area contributed by atoms with Crippen molar-refractivity contribution in [2.45, 2.75) is 26.3 Å². The second kappa shape index (κ2) is 10.4. The number of likely N-dealkylation sites (tertiary alicyclic amines) is 1. The van der Waals surface area contributed by atoms with E-state index in [1.54, 1.807) is 18.2 Å². The molecule has 2 fully saturated rings. The van der Waals surface area contributed by atoms with Crippen molar-refractivity contribution in [1.82, 2.24) is 9.80 Å². The molecule has 2 saturated heterocycles. The Bertz CT molecular complexity index is 1170. The molecule has 0 radical (unpaired) electrons. The fourth-order valence-electron chi connectivity index (χ4n) is 4.66. The van der Waals surface area contributed by atoms with E-state index in [1.807, 2.05) is 26.0 Å². The molecule has 35 heavy (non-hydrogen) atoms. The Morgan fingerprint density at radius 1 is 1.09 bits per heavy atom. The van der Waals surface area contributed by atoms with Gasteiger partial charge in [0.2, 0.25) is 0 Å². The van der Waals surface area contributed by atoms with E-state index in [0.717, 1.165) is 30.8 Å². The lowest BCUT2D eigenvalue weighted by Crippen LogP contribution is -2.38. The fourth-order valence-corrected chi connectivity index (χ4v) is 4.66. The minimum atomic E-state index is -0.833. The smallest absolute Gasteiger partial charge is 0.295 e. The number of rotatable bonds is 7. The largest absolute Gasteiger partial charge is 0.507 e. The van der Waals surface area contributed by atoms with Gasteiger partial charge in [-0.15, -0.1) is 0 Å². The topological polar surface area (TPSA) is 113 Å². The van der Waals surface area contributed by atoms with Crippen molar-refractivity contribution in [3.63, 3.8) is 0 Å². The zero-order chi connectivity index (χ0) is 25.1. The number of ketones is 1. The number of ether oxygens (including phenoxy) is 1. The molecule has 9 nitrogen and oxygen atoms in total. The molecule has 2 heterocycles. The number of morpholine rings is 1. The first-order valence-electron chi connectivity index (χ1n) is 11.7. The summed E-state index contributed by atoms with van der Waals surface area (Å²) in [6.45, 7) is 7.74. The first-order chi connectivity index (χ1) is 16.8. The summed E-state index contributed by atoms with van der Waals surface area (Å²) in [6, 6.07) is 10.5. The van der Waals surface area contributed by atoms with E-state index in [2.05, 4.69) is 4.90 Å². The van der Waals surface area contributed by atoms with Gasteiger partial charge in [-0.1, -0.05) is 17.7 Å². The number of hydrogen-bond acceptors (Lipinski definition) is 7. The van der Waals surface area contributed by atoms with Crippen LogP contribution in [-0.4, -0.2) is 70.9 Å². The van der Waals surface area contributed by atoms with Crippen LogP contribution in [0, 0.1) is 24.0 Å². The van der Waals surface area contributed by atoms with Crippen LogP contribution in [0.3, 0.4) is 0 Å².